The Morgan fingerprint density at radius 1 is 1.07 bits per heavy atom. The number of carbonyl (C=O) groups is 2. The SMILES string of the molecule is O=C(Nc1ccc(C(F)(F)F)c(F)c1)C1CCCCN1C(=O)N1CCS(=O)(=O)CC1. The number of rotatable bonds is 2. The summed E-state index contributed by atoms with van der Waals surface area (Å²) < 4.78 is 74.9. The number of hydrogen-bond donors (Lipinski definition) is 1. The number of anilines is 1. The molecule has 0 bridgehead atoms. The fourth-order valence-electron chi connectivity index (χ4n) is 3.57. The molecule has 0 spiro atoms. The molecule has 1 atom stereocenters. The van der Waals surface area contributed by atoms with Gasteiger partial charge in [0, 0.05) is 25.3 Å². The number of likely N-dealkylation sites (tertiary alicyclic amines) is 1. The molecular weight excluding hydrogens is 430 g/mol. The molecule has 3 rings (SSSR count). The number of alkyl halides is 3. The van der Waals surface area contributed by atoms with Crippen molar-refractivity contribution in [2.45, 2.75) is 31.5 Å². The van der Waals surface area contributed by atoms with Crippen molar-refractivity contribution in [1.29, 1.82) is 0 Å². The highest BCUT2D eigenvalue weighted by atomic mass is 32.2. The Balaban J connectivity index is 1.71. The van der Waals surface area contributed by atoms with Gasteiger partial charge in [0.15, 0.2) is 9.84 Å². The van der Waals surface area contributed by atoms with Gasteiger partial charge in [-0.25, -0.2) is 17.6 Å². The maximum Gasteiger partial charge on any atom is 0.419 e. The molecule has 12 heteroatoms. The van der Waals surface area contributed by atoms with Crippen molar-refractivity contribution >= 4 is 27.5 Å². The van der Waals surface area contributed by atoms with Crippen LogP contribution in [0.1, 0.15) is 24.8 Å². The molecule has 2 heterocycles. The number of nitrogens with zero attached hydrogens (tertiary/aromatic N) is 2. The van der Waals surface area contributed by atoms with Gasteiger partial charge < -0.3 is 15.1 Å². The van der Waals surface area contributed by atoms with Crippen LogP contribution in [0.2, 0.25) is 0 Å². The molecule has 166 valence electrons. The summed E-state index contributed by atoms with van der Waals surface area (Å²) in [6, 6.07) is 0.751. The van der Waals surface area contributed by atoms with Gasteiger partial charge in [-0.15, -0.1) is 0 Å². The van der Waals surface area contributed by atoms with Crippen LogP contribution in [0.15, 0.2) is 18.2 Å². The number of hydrogen-bond acceptors (Lipinski definition) is 4. The minimum atomic E-state index is -4.85. The molecule has 1 aromatic rings. The van der Waals surface area contributed by atoms with Gasteiger partial charge >= 0.3 is 12.2 Å². The molecule has 1 N–H and O–H groups in total. The van der Waals surface area contributed by atoms with E-state index in [-0.39, 0.29) is 30.3 Å². The predicted octanol–water partition coefficient (Wildman–Crippen LogP) is 2.49. The van der Waals surface area contributed by atoms with Crippen LogP contribution in [0, 0.1) is 5.82 Å². The van der Waals surface area contributed by atoms with Crippen molar-refractivity contribution in [2.24, 2.45) is 0 Å². The molecule has 0 aromatic heterocycles. The average molecular weight is 451 g/mol. The maximum atomic E-state index is 13.8. The molecule has 7 nitrogen and oxygen atoms in total. The normalized spacial score (nSPS) is 21.9. The first-order valence-corrected chi connectivity index (χ1v) is 11.2. The number of nitrogens with one attached hydrogen (secondary N) is 1. The number of piperidine rings is 1. The summed E-state index contributed by atoms with van der Waals surface area (Å²) >= 11 is 0. The third kappa shape index (κ3) is 5.02. The first kappa shape index (κ1) is 22.3. The third-order valence-electron chi connectivity index (χ3n) is 5.21. The Bertz CT molecular complexity index is 922. The smallest absolute Gasteiger partial charge is 0.324 e. The standard InChI is InChI=1S/C18H21F4N3O4S/c19-14-11-12(4-5-13(14)18(20,21)22)23-16(26)15-3-1-2-6-25(15)17(27)24-7-9-30(28,29)10-8-24/h4-5,11,15H,1-3,6-10H2,(H,23,26). The molecule has 0 aliphatic carbocycles. The van der Waals surface area contributed by atoms with E-state index in [2.05, 4.69) is 5.32 Å². The van der Waals surface area contributed by atoms with E-state index >= 15 is 0 Å². The number of halogens is 4. The summed E-state index contributed by atoms with van der Waals surface area (Å²) in [5.41, 5.74) is -1.58. The van der Waals surface area contributed by atoms with Crippen molar-refractivity contribution < 1.29 is 35.6 Å². The van der Waals surface area contributed by atoms with Gasteiger partial charge in [-0.3, -0.25) is 4.79 Å². The van der Waals surface area contributed by atoms with Gasteiger partial charge in [0.2, 0.25) is 5.91 Å². The summed E-state index contributed by atoms with van der Waals surface area (Å²) in [6.07, 6.45) is -3.18. The minimum Gasteiger partial charge on any atom is -0.324 e. The second kappa shape index (κ2) is 8.40. The largest absolute Gasteiger partial charge is 0.419 e. The first-order chi connectivity index (χ1) is 14.0. The monoisotopic (exact) mass is 451 g/mol. The van der Waals surface area contributed by atoms with E-state index in [4.69, 9.17) is 0 Å². The van der Waals surface area contributed by atoms with Crippen LogP contribution in [0.5, 0.6) is 0 Å². The highest BCUT2D eigenvalue weighted by Crippen LogP contribution is 2.32. The molecule has 1 unspecified atom stereocenters. The number of carbonyl (C=O) groups excluding carboxylic acids is 2. The van der Waals surface area contributed by atoms with Crippen molar-refractivity contribution in [3.05, 3.63) is 29.6 Å². The zero-order chi connectivity index (χ0) is 22.1. The van der Waals surface area contributed by atoms with Crippen LogP contribution in [-0.2, 0) is 20.8 Å². The van der Waals surface area contributed by atoms with Gasteiger partial charge in [0.05, 0.1) is 17.1 Å². The van der Waals surface area contributed by atoms with E-state index in [0.717, 1.165) is 6.07 Å². The molecule has 1 aromatic carbocycles. The Kier molecular flexibility index (Phi) is 6.25. The Morgan fingerprint density at radius 3 is 2.33 bits per heavy atom. The van der Waals surface area contributed by atoms with Crippen molar-refractivity contribution in [3.63, 3.8) is 0 Å². The lowest BCUT2D eigenvalue weighted by molar-refractivity contribution is -0.140. The topological polar surface area (TPSA) is 86.8 Å². The molecular formula is C18H21F4N3O4S. The number of amides is 3. The third-order valence-corrected chi connectivity index (χ3v) is 6.82. The Labute approximate surface area is 170 Å². The van der Waals surface area contributed by atoms with Crippen molar-refractivity contribution in [3.8, 4) is 0 Å². The summed E-state index contributed by atoms with van der Waals surface area (Å²) in [6.45, 7) is 0.369. The summed E-state index contributed by atoms with van der Waals surface area (Å²) in [7, 11) is -3.18. The molecule has 2 saturated heterocycles. The van der Waals surface area contributed by atoms with Crippen molar-refractivity contribution in [2.75, 3.05) is 36.5 Å². The Morgan fingerprint density at radius 2 is 1.73 bits per heavy atom. The number of benzene rings is 1. The zero-order valence-electron chi connectivity index (χ0n) is 15.9. The van der Waals surface area contributed by atoms with E-state index in [1.54, 1.807) is 0 Å². The fraction of sp³-hybridized carbons (Fsp3) is 0.556. The lowest BCUT2D eigenvalue weighted by Gasteiger charge is -2.39. The van der Waals surface area contributed by atoms with E-state index in [0.29, 0.717) is 37.9 Å². The molecule has 2 fully saturated rings. The van der Waals surface area contributed by atoms with Crippen LogP contribution >= 0.6 is 0 Å². The summed E-state index contributed by atoms with van der Waals surface area (Å²) in [5.74, 6) is -2.43. The van der Waals surface area contributed by atoms with Gasteiger partial charge in [0.25, 0.3) is 0 Å². The van der Waals surface area contributed by atoms with Crippen LogP contribution in [0.3, 0.4) is 0 Å². The molecule has 2 aliphatic rings. The van der Waals surface area contributed by atoms with E-state index in [1.807, 2.05) is 0 Å². The van der Waals surface area contributed by atoms with Crippen LogP contribution in [0.25, 0.3) is 0 Å². The van der Waals surface area contributed by atoms with Crippen LogP contribution in [-0.4, -0.2) is 67.3 Å². The van der Waals surface area contributed by atoms with E-state index in [1.165, 1.54) is 9.80 Å². The van der Waals surface area contributed by atoms with Gasteiger partial charge in [-0.1, -0.05) is 0 Å². The fourth-order valence-corrected chi connectivity index (χ4v) is 4.77. The molecule has 0 saturated carbocycles. The zero-order valence-corrected chi connectivity index (χ0v) is 16.7. The highest BCUT2D eigenvalue weighted by molar-refractivity contribution is 7.91. The maximum absolute atomic E-state index is 13.8. The second-order valence-electron chi connectivity index (χ2n) is 7.31. The quantitative estimate of drug-likeness (QED) is 0.700. The van der Waals surface area contributed by atoms with Crippen LogP contribution in [0.4, 0.5) is 28.0 Å². The van der Waals surface area contributed by atoms with Gasteiger partial charge in [-0.2, -0.15) is 13.2 Å². The van der Waals surface area contributed by atoms with Gasteiger partial charge in [-0.05, 0) is 37.5 Å². The molecule has 2 aliphatic heterocycles. The Hall–Kier alpha value is -2.37. The van der Waals surface area contributed by atoms with E-state index in [9.17, 15) is 35.6 Å². The average Bonchev–Trinajstić information content (AvgIpc) is 2.66. The number of urea groups is 1. The van der Waals surface area contributed by atoms with Crippen molar-refractivity contribution in [1.82, 2.24) is 9.80 Å². The van der Waals surface area contributed by atoms with E-state index < -0.39 is 45.4 Å². The predicted molar refractivity (Wildman–Crippen MR) is 100.0 cm³/mol. The molecule has 3 amide bonds. The van der Waals surface area contributed by atoms with Crippen LogP contribution < -0.4 is 5.32 Å². The first-order valence-electron chi connectivity index (χ1n) is 9.41. The molecule has 30 heavy (non-hydrogen) atoms. The summed E-state index contributed by atoms with van der Waals surface area (Å²) in [4.78, 5) is 28.3. The van der Waals surface area contributed by atoms with Gasteiger partial charge in [0.1, 0.15) is 11.9 Å². The lowest BCUT2D eigenvalue weighted by Crippen LogP contribution is -2.56. The lowest BCUT2D eigenvalue weighted by atomic mass is 10.0. The highest BCUT2D eigenvalue weighted by Gasteiger charge is 2.37. The minimum absolute atomic E-state index is 0.0378. The second-order valence-corrected chi connectivity index (χ2v) is 9.61. The summed E-state index contributed by atoms with van der Waals surface area (Å²) in [5, 5.41) is 2.38. The molecule has 0 radical (unpaired) electrons. The number of sulfone groups is 1.